The van der Waals surface area contributed by atoms with Crippen LogP contribution in [-0.2, 0) is 11.3 Å². The van der Waals surface area contributed by atoms with Crippen LogP contribution in [0, 0.1) is 0 Å². The number of benzene rings is 2. The highest BCUT2D eigenvalue weighted by atomic mass is 32.1. The average Bonchev–Trinajstić information content (AvgIpc) is 3.01. The molecule has 3 aromatic rings. The number of hydrogen-bond acceptors (Lipinski definition) is 4. The lowest BCUT2D eigenvalue weighted by Gasteiger charge is -2.15. The maximum Gasteiger partial charge on any atom is 0.222 e. The van der Waals surface area contributed by atoms with Gasteiger partial charge in [-0.05, 0) is 30.7 Å². The molecular formula is C19H20N2O2S. The maximum absolute atomic E-state index is 12.2. The van der Waals surface area contributed by atoms with Crippen molar-refractivity contribution in [3.8, 4) is 5.75 Å². The van der Waals surface area contributed by atoms with E-state index in [0.29, 0.717) is 26.0 Å². The molecular weight excluding hydrogens is 320 g/mol. The number of ether oxygens (including phenoxy) is 1. The Morgan fingerprint density at radius 2 is 1.88 bits per heavy atom. The second kappa shape index (κ2) is 7.93. The van der Waals surface area contributed by atoms with Crippen LogP contribution in [0.3, 0.4) is 0 Å². The summed E-state index contributed by atoms with van der Waals surface area (Å²) in [5, 5.41) is 0.965. The Hall–Kier alpha value is -2.40. The summed E-state index contributed by atoms with van der Waals surface area (Å²) >= 11 is 1.64. The Labute approximate surface area is 145 Å². The minimum Gasteiger partial charge on any atom is -0.494 e. The summed E-state index contributed by atoms with van der Waals surface area (Å²) in [4.78, 5) is 18.5. The number of rotatable bonds is 7. The first kappa shape index (κ1) is 16.5. The van der Waals surface area contributed by atoms with Crippen molar-refractivity contribution in [3.63, 3.8) is 0 Å². The number of carbonyl (C=O) groups is 1. The van der Waals surface area contributed by atoms with Crippen LogP contribution in [-0.4, -0.2) is 29.4 Å². The molecule has 1 amide bonds. The molecule has 124 valence electrons. The number of fused-ring (bicyclic) bond motifs is 1. The van der Waals surface area contributed by atoms with Crippen molar-refractivity contribution < 1.29 is 9.53 Å². The lowest BCUT2D eigenvalue weighted by molar-refractivity contribution is -0.130. The molecule has 2 aromatic carbocycles. The van der Waals surface area contributed by atoms with Crippen LogP contribution < -0.4 is 4.74 Å². The van der Waals surface area contributed by atoms with Gasteiger partial charge in [-0.1, -0.05) is 30.3 Å². The van der Waals surface area contributed by atoms with E-state index in [1.807, 2.05) is 55.6 Å². The van der Waals surface area contributed by atoms with E-state index in [1.165, 1.54) is 0 Å². The van der Waals surface area contributed by atoms with Crippen molar-refractivity contribution >= 4 is 27.5 Å². The van der Waals surface area contributed by atoms with Gasteiger partial charge in [0.25, 0.3) is 0 Å². The highest BCUT2D eigenvalue weighted by Gasteiger charge is 2.12. The molecule has 4 nitrogen and oxygen atoms in total. The first-order valence-electron chi connectivity index (χ1n) is 7.98. The van der Waals surface area contributed by atoms with Gasteiger partial charge in [-0.15, -0.1) is 11.3 Å². The van der Waals surface area contributed by atoms with Gasteiger partial charge in [-0.25, -0.2) is 4.98 Å². The van der Waals surface area contributed by atoms with Gasteiger partial charge >= 0.3 is 0 Å². The predicted octanol–water partition coefficient (Wildman–Crippen LogP) is 4.11. The number of nitrogens with zero attached hydrogens (tertiary/aromatic N) is 2. The minimum absolute atomic E-state index is 0.117. The van der Waals surface area contributed by atoms with Crippen LogP contribution >= 0.6 is 11.3 Å². The van der Waals surface area contributed by atoms with Crippen molar-refractivity contribution in [2.24, 2.45) is 0 Å². The van der Waals surface area contributed by atoms with Crippen molar-refractivity contribution in [1.29, 1.82) is 0 Å². The molecule has 0 N–H and O–H groups in total. The van der Waals surface area contributed by atoms with Gasteiger partial charge in [0.15, 0.2) is 0 Å². The first-order valence-corrected chi connectivity index (χ1v) is 8.80. The predicted molar refractivity (Wildman–Crippen MR) is 97.3 cm³/mol. The fraction of sp³-hybridized carbons (Fsp3) is 0.263. The van der Waals surface area contributed by atoms with Crippen LogP contribution in [0.2, 0.25) is 0 Å². The Bertz CT molecular complexity index is 768. The van der Waals surface area contributed by atoms with Gasteiger partial charge in [-0.3, -0.25) is 4.79 Å². The molecule has 1 aromatic heterocycles. The number of carbonyl (C=O) groups excluding carboxylic acids is 1. The molecule has 0 aliphatic carbocycles. The zero-order valence-corrected chi connectivity index (χ0v) is 14.5. The van der Waals surface area contributed by atoms with Crippen molar-refractivity contribution in [1.82, 2.24) is 9.88 Å². The topological polar surface area (TPSA) is 42.4 Å². The van der Waals surface area contributed by atoms with Gasteiger partial charge < -0.3 is 9.64 Å². The van der Waals surface area contributed by atoms with Gasteiger partial charge in [0, 0.05) is 13.5 Å². The minimum atomic E-state index is 0.117. The fourth-order valence-corrected chi connectivity index (χ4v) is 3.42. The van der Waals surface area contributed by atoms with Crippen molar-refractivity contribution in [3.05, 3.63) is 59.6 Å². The molecule has 1 heterocycles. The largest absolute Gasteiger partial charge is 0.494 e. The molecule has 0 fully saturated rings. The SMILES string of the molecule is CN(Cc1nc2ccccc2s1)C(=O)CCCOc1ccccc1. The van der Waals surface area contributed by atoms with E-state index in [4.69, 9.17) is 4.74 Å². The van der Waals surface area contributed by atoms with Crippen molar-refractivity contribution in [2.75, 3.05) is 13.7 Å². The molecule has 0 saturated carbocycles. The lowest BCUT2D eigenvalue weighted by Crippen LogP contribution is -2.26. The van der Waals surface area contributed by atoms with Gasteiger partial charge in [0.2, 0.25) is 5.91 Å². The van der Waals surface area contributed by atoms with E-state index in [9.17, 15) is 4.79 Å². The number of amides is 1. The van der Waals surface area contributed by atoms with Crippen molar-refractivity contribution in [2.45, 2.75) is 19.4 Å². The van der Waals surface area contributed by atoms with Gasteiger partial charge in [-0.2, -0.15) is 0 Å². The van der Waals surface area contributed by atoms with E-state index in [0.717, 1.165) is 21.0 Å². The summed E-state index contributed by atoms with van der Waals surface area (Å²) in [6.07, 6.45) is 1.19. The van der Waals surface area contributed by atoms with E-state index >= 15 is 0 Å². The molecule has 0 spiro atoms. The molecule has 0 aliphatic rings. The van der Waals surface area contributed by atoms with E-state index in [2.05, 4.69) is 11.1 Å². The average molecular weight is 340 g/mol. The third-order valence-corrected chi connectivity index (χ3v) is 4.70. The smallest absolute Gasteiger partial charge is 0.222 e. The fourth-order valence-electron chi connectivity index (χ4n) is 2.40. The molecule has 3 rings (SSSR count). The Kier molecular flexibility index (Phi) is 5.43. The summed E-state index contributed by atoms with van der Waals surface area (Å²) < 4.78 is 6.77. The highest BCUT2D eigenvalue weighted by molar-refractivity contribution is 7.18. The highest BCUT2D eigenvalue weighted by Crippen LogP contribution is 2.22. The lowest BCUT2D eigenvalue weighted by atomic mass is 10.3. The normalized spacial score (nSPS) is 10.7. The summed E-state index contributed by atoms with van der Waals surface area (Å²) in [7, 11) is 1.83. The third kappa shape index (κ3) is 4.32. The van der Waals surface area contributed by atoms with Crippen LogP contribution in [0.25, 0.3) is 10.2 Å². The second-order valence-electron chi connectivity index (χ2n) is 5.59. The first-order chi connectivity index (χ1) is 11.7. The molecule has 0 unspecified atom stereocenters. The maximum atomic E-state index is 12.2. The molecule has 24 heavy (non-hydrogen) atoms. The summed E-state index contributed by atoms with van der Waals surface area (Å²) in [6.45, 7) is 1.10. The molecule has 0 radical (unpaired) electrons. The van der Waals surface area contributed by atoms with Gasteiger partial charge in [0.05, 0.1) is 23.4 Å². The molecule has 0 bridgehead atoms. The Morgan fingerprint density at radius 1 is 1.12 bits per heavy atom. The van der Waals surface area contributed by atoms with Crippen LogP contribution in [0.4, 0.5) is 0 Å². The van der Waals surface area contributed by atoms with Crippen LogP contribution in [0.1, 0.15) is 17.8 Å². The second-order valence-corrected chi connectivity index (χ2v) is 6.71. The Morgan fingerprint density at radius 3 is 2.67 bits per heavy atom. The molecule has 0 saturated heterocycles. The zero-order valence-electron chi connectivity index (χ0n) is 13.6. The monoisotopic (exact) mass is 340 g/mol. The number of aromatic nitrogens is 1. The summed E-state index contributed by atoms with van der Waals surface area (Å²) in [5.74, 6) is 0.957. The van der Waals surface area contributed by atoms with Crippen LogP contribution in [0.5, 0.6) is 5.75 Å². The Balaban J connectivity index is 1.44. The number of thiazole rings is 1. The van der Waals surface area contributed by atoms with E-state index in [-0.39, 0.29) is 5.91 Å². The standard InChI is InChI=1S/C19H20N2O2S/c1-21(14-18-20-16-10-5-6-11-17(16)24-18)19(22)12-7-13-23-15-8-3-2-4-9-15/h2-6,8-11H,7,12-14H2,1H3. The van der Waals surface area contributed by atoms with Crippen LogP contribution in [0.15, 0.2) is 54.6 Å². The summed E-state index contributed by atoms with van der Waals surface area (Å²) in [6, 6.07) is 17.7. The van der Waals surface area contributed by atoms with Gasteiger partial charge in [0.1, 0.15) is 10.8 Å². The number of hydrogen-bond donors (Lipinski definition) is 0. The quantitative estimate of drug-likeness (QED) is 0.608. The van der Waals surface area contributed by atoms with E-state index in [1.54, 1.807) is 16.2 Å². The van der Waals surface area contributed by atoms with E-state index < -0.39 is 0 Å². The summed E-state index contributed by atoms with van der Waals surface area (Å²) in [5.41, 5.74) is 0.995. The molecule has 0 atom stereocenters. The molecule has 5 heteroatoms. The molecule has 0 aliphatic heterocycles. The third-order valence-electron chi connectivity index (χ3n) is 3.68. The number of para-hydroxylation sites is 2. The zero-order chi connectivity index (χ0) is 16.8.